The van der Waals surface area contributed by atoms with E-state index in [0.29, 0.717) is 6.42 Å². The lowest BCUT2D eigenvalue weighted by Gasteiger charge is -2.37. The highest BCUT2D eigenvalue weighted by molar-refractivity contribution is 5.75. The Bertz CT molecular complexity index is 718. The molecular weight excluding hydrogens is 332 g/mol. The molecule has 0 saturated heterocycles. The number of aliphatic hydroxyl groups excluding tert-OH is 1. The van der Waals surface area contributed by atoms with Gasteiger partial charge in [-0.25, -0.2) is 10.1 Å². The second-order valence-corrected chi connectivity index (χ2v) is 6.61. The molecule has 1 N–H and O–H groups in total. The van der Waals surface area contributed by atoms with Crippen LogP contribution in [0.5, 0.6) is 0 Å². The topological polar surface area (TPSA) is 68.6 Å². The average Bonchev–Trinajstić information content (AvgIpc) is 3.09. The standard InChI is InChI=1S/C19H26N4O3/c1-14(12-24)23-11-16-19(15-7-4-5-8-17(15)23)22(13-20-16)10-6-9-18(25)21(2)26-3/h4-5,7-8,11,13-14,19,24H,6,9-10,12H2,1-3H3. The van der Waals surface area contributed by atoms with Crippen molar-refractivity contribution in [2.24, 2.45) is 4.99 Å². The molecule has 2 unspecified atom stereocenters. The van der Waals surface area contributed by atoms with E-state index in [1.54, 1.807) is 7.05 Å². The monoisotopic (exact) mass is 358 g/mol. The molecule has 1 aromatic carbocycles. The van der Waals surface area contributed by atoms with Crippen molar-refractivity contribution < 1.29 is 14.7 Å². The van der Waals surface area contributed by atoms with Crippen molar-refractivity contribution in [3.63, 3.8) is 0 Å². The number of aliphatic hydroxyl groups is 1. The number of carbonyl (C=O) groups excluding carboxylic acids is 1. The number of aliphatic imine (C=N–C) groups is 1. The van der Waals surface area contributed by atoms with Crippen LogP contribution in [0, 0.1) is 0 Å². The largest absolute Gasteiger partial charge is 0.394 e. The molecule has 0 radical (unpaired) electrons. The van der Waals surface area contributed by atoms with Gasteiger partial charge in [-0.2, -0.15) is 0 Å². The summed E-state index contributed by atoms with van der Waals surface area (Å²) in [4.78, 5) is 25.6. The van der Waals surface area contributed by atoms with Gasteiger partial charge < -0.3 is 14.9 Å². The summed E-state index contributed by atoms with van der Waals surface area (Å²) in [6.07, 6.45) is 5.02. The van der Waals surface area contributed by atoms with Gasteiger partial charge in [0, 0.05) is 37.5 Å². The van der Waals surface area contributed by atoms with Crippen molar-refractivity contribution in [3.8, 4) is 0 Å². The van der Waals surface area contributed by atoms with E-state index in [1.807, 2.05) is 31.6 Å². The molecule has 2 aliphatic rings. The van der Waals surface area contributed by atoms with Crippen molar-refractivity contribution in [2.75, 3.05) is 32.2 Å². The Morgan fingerprint density at radius 3 is 2.92 bits per heavy atom. The summed E-state index contributed by atoms with van der Waals surface area (Å²) < 4.78 is 0. The van der Waals surface area contributed by atoms with Crippen molar-refractivity contribution in [1.82, 2.24) is 9.96 Å². The first-order chi connectivity index (χ1) is 12.6. The third-order valence-corrected chi connectivity index (χ3v) is 4.92. The Morgan fingerprint density at radius 1 is 1.42 bits per heavy atom. The van der Waals surface area contributed by atoms with Crippen LogP contribution < -0.4 is 4.90 Å². The second kappa shape index (κ2) is 7.88. The predicted octanol–water partition coefficient (Wildman–Crippen LogP) is 1.91. The molecule has 26 heavy (non-hydrogen) atoms. The SMILES string of the molecule is CON(C)C(=O)CCCN1C=NC2=CN(C(C)CO)c3ccccc3C21. The van der Waals surface area contributed by atoms with Crippen LogP contribution in [-0.2, 0) is 9.63 Å². The van der Waals surface area contributed by atoms with E-state index in [1.165, 1.54) is 17.7 Å². The van der Waals surface area contributed by atoms with Gasteiger partial charge in [-0.1, -0.05) is 18.2 Å². The number of para-hydroxylation sites is 1. The first kappa shape index (κ1) is 18.4. The van der Waals surface area contributed by atoms with E-state index in [-0.39, 0.29) is 24.6 Å². The molecule has 1 amide bonds. The maximum absolute atomic E-state index is 11.9. The maximum Gasteiger partial charge on any atom is 0.245 e. The summed E-state index contributed by atoms with van der Waals surface area (Å²) in [6.45, 7) is 2.80. The van der Waals surface area contributed by atoms with Crippen LogP contribution in [0.25, 0.3) is 0 Å². The number of amides is 1. The van der Waals surface area contributed by atoms with Crippen LogP contribution in [0.4, 0.5) is 5.69 Å². The van der Waals surface area contributed by atoms with Crippen LogP contribution in [0.1, 0.15) is 31.4 Å². The van der Waals surface area contributed by atoms with E-state index >= 15 is 0 Å². The first-order valence-electron chi connectivity index (χ1n) is 8.87. The molecule has 2 aliphatic heterocycles. The average molecular weight is 358 g/mol. The van der Waals surface area contributed by atoms with Gasteiger partial charge in [0.25, 0.3) is 0 Å². The van der Waals surface area contributed by atoms with E-state index in [4.69, 9.17) is 4.84 Å². The summed E-state index contributed by atoms with van der Waals surface area (Å²) in [6, 6.07) is 8.25. The highest BCUT2D eigenvalue weighted by Crippen LogP contribution is 2.43. The van der Waals surface area contributed by atoms with E-state index in [2.05, 4.69) is 26.9 Å². The van der Waals surface area contributed by atoms with Gasteiger partial charge in [0.15, 0.2) is 0 Å². The molecule has 2 atom stereocenters. The predicted molar refractivity (Wildman–Crippen MR) is 101 cm³/mol. The summed E-state index contributed by atoms with van der Waals surface area (Å²) in [5, 5.41) is 10.8. The van der Waals surface area contributed by atoms with E-state index in [9.17, 15) is 9.90 Å². The molecule has 1 aromatic rings. The van der Waals surface area contributed by atoms with Crippen LogP contribution in [0.15, 0.2) is 41.2 Å². The number of nitrogens with zero attached hydrogens (tertiary/aromatic N) is 4. The molecule has 0 aliphatic carbocycles. The number of rotatable bonds is 7. The van der Waals surface area contributed by atoms with Crippen molar-refractivity contribution in [1.29, 1.82) is 0 Å². The molecular formula is C19H26N4O3. The molecule has 0 fully saturated rings. The van der Waals surface area contributed by atoms with Crippen molar-refractivity contribution >= 4 is 17.9 Å². The highest BCUT2D eigenvalue weighted by atomic mass is 16.7. The van der Waals surface area contributed by atoms with Gasteiger partial charge in [-0.3, -0.25) is 9.63 Å². The number of anilines is 1. The van der Waals surface area contributed by atoms with Gasteiger partial charge in [-0.05, 0) is 19.4 Å². The van der Waals surface area contributed by atoms with Crippen molar-refractivity contribution in [3.05, 3.63) is 41.7 Å². The Morgan fingerprint density at radius 2 is 2.19 bits per heavy atom. The Hall–Kier alpha value is -2.38. The smallest absolute Gasteiger partial charge is 0.245 e. The lowest BCUT2D eigenvalue weighted by atomic mass is 9.96. The highest BCUT2D eigenvalue weighted by Gasteiger charge is 2.34. The van der Waals surface area contributed by atoms with Crippen molar-refractivity contribution in [2.45, 2.75) is 31.8 Å². The number of hydrogen-bond donors (Lipinski definition) is 1. The molecule has 3 rings (SSSR count). The summed E-state index contributed by atoms with van der Waals surface area (Å²) >= 11 is 0. The third-order valence-electron chi connectivity index (χ3n) is 4.92. The number of hydroxylamine groups is 2. The fraction of sp³-hybridized carbons (Fsp3) is 0.474. The molecule has 0 aromatic heterocycles. The molecule has 0 spiro atoms. The molecule has 140 valence electrons. The van der Waals surface area contributed by atoms with Crippen LogP contribution in [0.2, 0.25) is 0 Å². The normalized spacial score (nSPS) is 19.1. The van der Waals surface area contributed by atoms with Crippen LogP contribution in [0.3, 0.4) is 0 Å². The summed E-state index contributed by atoms with van der Waals surface area (Å²) in [7, 11) is 3.11. The third kappa shape index (κ3) is 3.45. The Kier molecular flexibility index (Phi) is 5.58. The Labute approximate surface area is 154 Å². The zero-order valence-electron chi connectivity index (χ0n) is 15.5. The van der Waals surface area contributed by atoms with Gasteiger partial charge >= 0.3 is 0 Å². The van der Waals surface area contributed by atoms with Crippen LogP contribution in [-0.4, -0.2) is 60.7 Å². The molecule has 7 heteroatoms. The number of benzene rings is 1. The lowest BCUT2D eigenvalue weighted by Crippen LogP contribution is -2.37. The number of fused-ring (bicyclic) bond motifs is 3. The molecule has 0 saturated carbocycles. The quantitative estimate of drug-likeness (QED) is 0.754. The molecule has 2 heterocycles. The first-order valence-corrected chi connectivity index (χ1v) is 8.87. The van der Waals surface area contributed by atoms with Gasteiger partial charge in [0.1, 0.15) is 6.04 Å². The van der Waals surface area contributed by atoms with Gasteiger partial charge in [0.2, 0.25) is 5.91 Å². The minimum absolute atomic E-state index is 0.0175. The minimum Gasteiger partial charge on any atom is -0.394 e. The van der Waals surface area contributed by atoms with Crippen LogP contribution >= 0.6 is 0 Å². The second-order valence-electron chi connectivity index (χ2n) is 6.61. The summed E-state index contributed by atoms with van der Waals surface area (Å²) in [5.74, 6) is -0.0357. The molecule has 7 nitrogen and oxygen atoms in total. The zero-order chi connectivity index (χ0) is 18.7. The molecule has 0 bridgehead atoms. The zero-order valence-corrected chi connectivity index (χ0v) is 15.5. The Balaban J connectivity index is 1.74. The fourth-order valence-electron chi connectivity index (χ4n) is 3.37. The summed E-state index contributed by atoms with van der Waals surface area (Å²) in [5.41, 5.74) is 3.22. The van der Waals surface area contributed by atoms with Gasteiger partial charge in [-0.15, -0.1) is 0 Å². The van der Waals surface area contributed by atoms with E-state index in [0.717, 1.165) is 24.4 Å². The minimum atomic E-state index is -0.0357. The fourth-order valence-corrected chi connectivity index (χ4v) is 3.37. The van der Waals surface area contributed by atoms with E-state index < -0.39 is 0 Å². The maximum atomic E-state index is 11.9. The van der Waals surface area contributed by atoms with Gasteiger partial charge in [0.05, 0.1) is 31.8 Å². The lowest BCUT2D eigenvalue weighted by molar-refractivity contribution is -0.168. The number of hydrogen-bond acceptors (Lipinski definition) is 6. The number of carbonyl (C=O) groups is 1.